The summed E-state index contributed by atoms with van der Waals surface area (Å²) in [6, 6.07) is 16.2. The van der Waals surface area contributed by atoms with Crippen LogP contribution in [-0.2, 0) is 21.4 Å². The van der Waals surface area contributed by atoms with Crippen LogP contribution >= 0.6 is 0 Å². The van der Waals surface area contributed by atoms with Gasteiger partial charge in [-0.05, 0) is 42.7 Å². The van der Waals surface area contributed by atoms with Crippen molar-refractivity contribution < 1.29 is 17.9 Å². The van der Waals surface area contributed by atoms with E-state index in [0.29, 0.717) is 19.8 Å². The number of hydrogen-bond acceptors (Lipinski definition) is 4. The van der Waals surface area contributed by atoms with Gasteiger partial charge < -0.3 is 9.47 Å². The van der Waals surface area contributed by atoms with E-state index in [9.17, 15) is 8.42 Å². The molecule has 1 aliphatic rings. The van der Waals surface area contributed by atoms with Crippen molar-refractivity contribution in [2.75, 3.05) is 13.2 Å². The van der Waals surface area contributed by atoms with E-state index in [1.165, 1.54) is 0 Å². The average molecular weight is 347 g/mol. The molecule has 1 heterocycles. The molecule has 2 aromatic carbocycles. The summed E-state index contributed by atoms with van der Waals surface area (Å²) in [5, 5.41) is 0. The third kappa shape index (κ3) is 4.56. The minimum Gasteiger partial charge on any atom is -0.489 e. The molecule has 2 aromatic rings. The second kappa shape index (κ2) is 7.79. The first-order valence-corrected chi connectivity index (χ1v) is 9.50. The summed E-state index contributed by atoms with van der Waals surface area (Å²) in [4.78, 5) is 0.245. The summed E-state index contributed by atoms with van der Waals surface area (Å²) >= 11 is 0. The fourth-order valence-electron chi connectivity index (χ4n) is 2.58. The second-order valence-corrected chi connectivity index (χ2v) is 7.50. The van der Waals surface area contributed by atoms with Crippen LogP contribution < -0.4 is 9.46 Å². The number of sulfonamides is 1. The molecule has 128 valence electrons. The van der Waals surface area contributed by atoms with E-state index in [1.807, 2.05) is 36.4 Å². The minimum atomic E-state index is -3.54. The van der Waals surface area contributed by atoms with Gasteiger partial charge in [0.15, 0.2) is 0 Å². The molecule has 1 atom stereocenters. The fraction of sp³-hybridized carbons (Fsp3) is 0.333. The lowest BCUT2D eigenvalue weighted by Gasteiger charge is -2.12. The Morgan fingerprint density at radius 3 is 2.71 bits per heavy atom. The summed E-state index contributed by atoms with van der Waals surface area (Å²) < 4.78 is 38.6. The molecule has 1 aliphatic heterocycles. The van der Waals surface area contributed by atoms with Crippen molar-refractivity contribution in [1.82, 2.24) is 4.72 Å². The van der Waals surface area contributed by atoms with E-state index in [1.54, 1.807) is 18.2 Å². The largest absolute Gasteiger partial charge is 0.489 e. The highest BCUT2D eigenvalue weighted by atomic mass is 32.2. The zero-order chi connectivity index (χ0) is 16.8. The molecule has 24 heavy (non-hydrogen) atoms. The van der Waals surface area contributed by atoms with Gasteiger partial charge in [-0.3, -0.25) is 0 Å². The number of hydrogen-bond donors (Lipinski definition) is 1. The molecule has 1 N–H and O–H groups in total. The Morgan fingerprint density at radius 2 is 1.96 bits per heavy atom. The summed E-state index contributed by atoms with van der Waals surface area (Å²) in [5.74, 6) is 0.752. The number of rotatable bonds is 7. The van der Waals surface area contributed by atoms with Gasteiger partial charge >= 0.3 is 0 Å². The molecule has 0 amide bonds. The molecular formula is C18H21NO4S. The predicted molar refractivity (Wildman–Crippen MR) is 91.4 cm³/mol. The van der Waals surface area contributed by atoms with Crippen molar-refractivity contribution in [3.05, 3.63) is 60.2 Å². The van der Waals surface area contributed by atoms with Crippen molar-refractivity contribution in [3.8, 4) is 5.75 Å². The number of benzene rings is 2. The van der Waals surface area contributed by atoms with Gasteiger partial charge in [-0.1, -0.05) is 30.3 Å². The summed E-state index contributed by atoms with van der Waals surface area (Å²) in [5.41, 5.74) is 0.804. The van der Waals surface area contributed by atoms with Gasteiger partial charge in [-0.15, -0.1) is 0 Å². The first-order chi connectivity index (χ1) is 11.6. The van der Waals surface area contributed by atoms with E-state index < -0.39 is 10.0 Å². The number of ether oxygens (including phenoxy) is 2. The maximum absolute atomic E-state index is 12.4. The molecule has 3 rings (SSSR count). The Kier molecular flexibility index (Phi) is 5.50. The first kappa shape index (κ1) is 17.0. The SMILES string of the molecule is O=S(=O)(NC[C@H]1CCCO1)c1cccc(COc2ccccc2)c1. The molecule has 0 spiro atoms. The molecule has 6 heteroatoms. The summed E-state index contributed by atoms with van der Waals surface area (Å²) in [6.07, 6.45) is 1.86. The van der Waals surface area contributed by atoms with Crippen LogP contribution in [0.1, 0.15) is 18.4 Å². The monoisotopic (exact) mass is 347 g/mol. The van der Waals surface area contributed by atoms with E-state index in [2.05, 4.69) is 4.72 Å². The summed E-state index contributed by atoms with van der Waals surface area (Å²) in [6.45, 7) is 1.34. The smallest absolute Gasteiger partial charge is 0.240 e. The lowest BCUT2D eigenvalue weighted by Crippen LogP contribution is -2.31. The average Bonchev–Trinajstić information content (AvgIpc) is 3.13. The Labute approximate surface area is 142 Å². The topological polar surface area (TPSA) is 64.6 Å². The van der Waals surface area contributed by atoms with Gasteiger partial charge in [-0.2, -0.15) is 0 Å². The quantitative estimate of drug-likeness (QED) is 0.836. The van der Waals surface area contributed by atoms with Gasteiger partial charge in [0.1, 0.15) is 12.4 Å². The van der Waals surface area contributed by atoms with Crippen LogP contribution in [-0.4, -0.2) is 27.7 Å². The van der Waals surface area contributed by atoms with Gasteiger partial charge in [0, 0.05) is 13.2 Å². The highest BCUT2D eigenvalue weighted by Gasteiger charge is 2.20. The second-order valence-electron chi connectivity index (χ2n) is 5.74. The van der Waals surface area contributed by atoms with Gasteiger partial charge in [-0.25, -0.2) is 13.1 Å². The molecule has 0 radical (unpaired) electrons. The Bertz CT molecular complexity index is 756. The maximum Gasteiger partial charge on any atom is 0.240 e. The van der Waals surface area contributed by atoms with Crippen molar-refractivity contribution in [2.45, 2.75) is 30.4 Å². The van der Waals surface area contributed by atoms with Crippen molar-refractivity contribution in [3.63, 3.8) is 0 Å². The third-order valence-corrected chi connectivity index (χ3v) is 5.30. The molecule has 0 unspecified atom stereocenters. The van der Waals surface area contributed by atoms with E-state index in [4.69, 9.17) is 9.47 Å². The molecule has 0 bridgehead atoms. The van der Waals surface area contributed by atoms with Crippen LogP contribution in [0.15, 0.2) is 59.5 Å². The molecular weight excluding hydrogens is 326 g/mol. The molecule has 1 fully saturated rings. The van der Waals surface area contributed by atoms with Crippen molar-refractivity contribution in [1.29, 1.82) is 0 Å². The lowest BCUT2D eigenvalue weighted by atomic mass is 10.2. The van der Waals surface area contributed by atoms with Crippen LogP contribution in [0.2, 0.25) is 0 Å². The zero-order valence-electron chi connectivity index (χ0n) is 13.4. The lowest BCUT2D eigenvalue weighted by molar-refractivity contribution is 0.114. The van der Waals surface area contributed by atoms with Crippen LogP contribution in [0.5, 0.6) is 5.75 Å². The van der Waals surface area contributed by atoms with Crippen molar-refractivity contribution >= 4 is 10.0 Å². The zero-order valence-corrected chi connectivity index (χ0v) is 14.2. The van der Waals surface area contributed by atoms with Crippen LogP contribution in [0.4, 0.5) is 0 Å². The minimum absolute atomic E-state index is 0.0237. The van der Waals surface area contributed by atoms with Gasteiger partial charge in [0.25, 0.3) is 0 Å². The van der Waals surface area contributed by atoms with E-state index >= 15 is 0 Å². The Hall–Kier alpha value is -1.89. The van der Waals surface area contributed by atoms with Crippen LogP contribution in [0.3, 0.4) is 0 Å². The molecule has 0 aromatic heterocycles. The van der Waals surface area contributed by atoms with E-state index in [-0.39, 0.29) is 11.0 Å². The Balaban J connectivity index is 1.62. The normalized spacial score (nSPS) is 17.8. The molecule has 0 saturated carbocycles. The first-order valence-electron chi connectivity index (χ1n) is 8.01. The predicted octanol–water partition coefficient (Wildman–Crippen LogP) is 2.72. The van der Waals surface area contributed by atoms with Gasteiger partial charge in [0.2, 0.25) is 10.0 Å². The number of para-hydroxylation sites is 1. The van der Waals surface area contributed by atoms with Crippen LogP contribution in [0.25, 0.3) is 0 Å². The third-order valence-electron chi connectivity index (χ3n) is 3.88. The van der Waals surface area contributed by atoms with Gasteiger partial charge in [0.05, 0.1) is 11.0 Å². The molecule has 1 saturated heterocycles. The Morgan fingerprint density at radius 1 is 1.12 bits per heavy atom. The highest BCUT2D eigenvalue weighted by Crippen LogP contribution is 2.16. The summed E-state index contributed by atoms with van der Waals surface area (Å²) in [7, 11) is -3.54. The number of nitrogens with one attached hydrogen (secondary N) is 1. The van der Waals surface area contributed by atoms with Crippen molar-refractivity contribution in [2.24, 2.45) is 0 Å². The van der Waals surface area contributed by atoms with Crippen LogP contribution in [0, 0.1) is 0 Å². The van der Waals surface area contributed by atoms with E-state index in [0.717, 1.165) is 24.2 Å². The maximum atomic E-state index is 12.4. The highest BCUT2D eigenvalue weighted by molar-refractivity contribution is 7.89. The molecule has 5 nitrogen and oxygen atoms in total. The fourth-order valence-corrected chi connectivity index (χ4v) is 3.71. The standard InChI is InChI=1S/C18H21NO4S/c20-24(21,19-13-17-9-5-11-22-17)18-10-4-6-15(12-18)14-23-16-7-2-1-3-8-16/h1-4,6-8,10,12,17,19H,5,9,11,13-14H2/t17-/m1/s1. The molecule has 0 aliphatic carbocycles.